The number of carbonyl (C=O) groups excluding carboxylic acids is 5. The fourth-order valence-electron chi connectivity index (χ4n) is 2.78. The second-order valence-electron chi connectivity index (χ2n) is 7.34. The molecule has 1 aromatic rings. The highest BCUT2D eigenvalue weighted by Gasteiger charge is 2.31. The van der Waals surface area contributed by atoms with Crippen LogP contribution >= 0.6 is 12.6 Å². The van der Waals surface area contributed by atoms with Crippen LogP contribution in [0.1, 0.15) is 18.4 Å². The molecule has 5 amide bonds. The molecule has 0 heterocycles. The predicted molar refractivity (Wildman–Crippen MR) is 123 cm³/mol. The molecule has 4 atom stereocenters. The van der Waals surface area contributed by atoms with Crippen molar-refractivity contribution in [2.45, 2.75) is 43.4 Å². The van der Waals surface area contributed by atoms with Crippen LogP contribution in [0, 0.1) is 0 Å². The van der Waals surface area contributed by atoms with Crippen LogP contribution in [-0.2, 0) is 35.2 Å². The van der Waals surface area contributed by atoms with Crippen molar-refractivity contribution in [1.29, 1.82) is 0 Å². The van der Waals surface area contributed by atoms with Gasteiger partial charge in [-0.2, -0.15) is 12.6 Å². The molecule has 186 valence electrons. The number of benzene rings is 1. The van der Waals surface area contributed by atoms with Crippen LogP contribution in [0.2, 0.25) is 0 Å². The number of rotatable bonds is 14. The van der Waals surface area contributed by atoms with Crippen molar-refractivity contribution < 1.29 is 33.9 Å². The maximum Gasteiger partial charge on any atom is 0.326 e. The van der Waals surface area contributed by atoms with Gasteiger partial charge in [0, 0.05) is 12.2 Å². The van der Waals surface area contributed by atoms with Crippen molar-refractivity contribution in [2.24, 2.45) is 17.2 Å². The van der Waals surface area contributed by atoms with Gasteiger partial charge in [-0.25, -0.2) is 4.79 Å². The Morgan fingerprint density at radius 3 is 1.65 bits per heavy atom. The third-order valence-corrected chi connectivity index (χ3v) is 4.90. The number of nitrogens with one attached hydrogen (secondary N) is 3. The SMILES string of the molecule is NC(=O)CC(NC(=O)C(N)CS)C(=O)NC(CC(N)=O)C(=O)NC(Cc1ccccc1)C(=O)O. The number of carbonyl (C=O) groups is 6. The van der Waals surface area contributed by atoms with Gasteiger partial charge >= 0.3 is 5.97 Å². The first-order valence-electron chi connectivity index (χ1n) is 10.1. The summed E-state index contributed by atoms with van der Waals surface area (Å²) in [6.45, 7) is 0. The fraction of sp³-hybridized carbons (Fsp3) is 0.400. The van der Waals surface area contributed by atoms with E-state index in [1.165, 1.54) is 0 Å². The molecule has 0 saturated carbocycles. The third-order valence-electron chi connectivity index (χ3n) is 4.51. The molecule has 0 spiro atoms. The van der Waals surface area contributed by atoms with E-state index in [1.807, 2.05) is 0 Å². The van der Waals surface area contributed by atoms with Crippen LogP contribution in [0.4, 0.5) is 0 Å². The van der Waals surface area contributed by atoms with E-state index in [1.54, 1.807) is 30.3 Å². The van der Waals surface area contributed by atoms with Gasteiger partial charge in [0.1, 0.15) is 18.1 Å². The quantitative estimate of drug-likeness (QED) is 0.122. The van der Waals surface area contributed by atoms with Crippen LogP contribution in [0.3, 0.4) is 0 Å². The number of aliphatic carboxylic acids is 1. The van der Waals surface area contributed by atoms with Gasteiger partial charge in [0.2, 0.25) is 29.5 Å². The van der Waals surface area contributed by atoms with Crippen LogP contribution in [0.15, 0.2) is 30.3 Å². The molecule has 0 aliphatic rings. The topological polar surface area (TPSA) is 237 Å². The molecule has 0 saturated heterocycles. The molecule has 0 radical (unpaired) electrons. The van der Waals surface area contributed by atoms with Gasteiger partial charge in [0.05, 0.1) is 18.9 Å². The van der Waals surface area contributed by atoms with Crippen LogP contribution in [0.5, 0.6) is 0 Å². The highest BCUT2D eigenvalue weighted by molar-refractivity contribution is 7.80. The highest BCUT2D eigenvalue weighted by Crippen LogP contribution is 2.05. The van der Waals surface area contributed by atoms with Gasteiger partial charge in [-0.05, 0) is 5.56 Å². The smallest absolute Gasteiger partial charge is 0.326 e. The summed E-state index contributed by atoms with van der Waals surface area (Å²) in [6, 6.07) is 2.88. The van der Waals surface area contributed by atoms with E-state index in [0.29, 0.717) is 5.56 Å². The Hall–Kier alpha value is -3.65. The van der Waals surface area contributed by atoms with Gasteiger partial charge < -0.3 is 38.3 Å². The molecular weight excluding hydrogens is 468 g/mol. The molecule has 14 heteroatoms. The second kappa shape index (κ2) is 13.8. The van der Waals surface area contributed by atoms with E-state index in [0.717, 1.165) is 0 Å². The predicted octanol–water partition coefficient (Wildman–Crippen LogP) is -3.22. The molecule has 0 aliphatic carbocycles. The molecule has 10 N–H and O–H groups in total. The molecule has 4 unspecified atom stereocenters. The Morgan fingerprint density at radius 1 is 0.794 bits per heavy atom. The lowest BCUT2D eigenvalue weighted by Crippen LogP contribution is -2.58. The van der Waals surface area contributed by atoms with Gasteiger partial charge in [-0.1, -0.05) is 30.3 Å². The standard InChI is InChI=1S/C20H28N6O7S/c21-11(9-34)17(29)24-12(7-15(22)27)18(30)25-13(8-16(23)28)19(31)26-14(20(32)33)6-10-4-2-1-3-5-10/h1-5,11-14,34H,6-9,21H2,(H2,22,27)(H2,23,28)(H,24,29)(H,25,30)(H,26,31)(H,32,33). The Bertz CT molecular complexity index is 914. The number of amides is 5. The summed E-state index contributed by atoms with van der Waals surface area (Å²) >= 11 is 3.87. The first-order chi connectivity index (χ1) is 15.9. The first-order valence-corrected chi connectivity index (χ1v) is 10.7. The third kappa shape index (κ3) is 9.87. The molecule has 13 nitrogen and oxygen atoms in total. The minimum atomic E-state index is -1.59. The first kappa shape index (κ1) is 28.4. The molecule has 1 rings (SSSR count). The largest absolute Gasteiger partial charge is 0.480 e. The monoisotopic (exact) mass is 496 g/mol. The van der Waals surface area contributed by atoms with Crippen molar-refractivity contribution in [3.05, 3.63) is 35.9 Å². The zero-order chi connectivity index (χ0) is 25.8. The molecule has 1 aromatic carbocycles. The Kier molecular flexibility index (Phi) is 11.5. The maximum atomic E-state index is 12.7. The van der Waals surface area contributed by atoms with Crippen molar-refractivity contribution in [2.75, 3.05) is 5.75 Å². The molecule has 34 heavy (non-hydrogen) atoms. The molecule has 0 fully saturated rings. The van der Waals surface area contributed by atoms with Gasteiger partial charge in [-0.3, -0.25) is 24.0 Å². The van der Waals surface area contributed by atoms with Gasteiger partial charge in [-0.15, -0.1) is 0 Å². The van der Waals surface area contributed by atoms with E-state index in [2.05, 4.69) is 28.6 Å². The lowest BCUT2D eigenvalue weighted by Gasteiger charge is -2.24. The second-order valence-corrected chi connectivity index (χ2v) is 7.71. The summed E-state index contributed by atoms with van der Waals surface area (Å²) in [5.74, 6) is -6.15. The average Bonchev–Trinajstić information content (AvgIpc) is 2.76. The number of nitrogens with two attached hydrogens (primary N) is 3. The number of hydrogen-bond acceptors (Lipinski definition) is 8. The Labute approximate surface area is 200 Å². The fourth-order valence-corrected chi connectivity index (χ4v) is 2.94. The summed E-state index contributed by atoms with van der Waals surface area (Å²) in [5.41, 5.74) is 16.4. The number of thiol groups is 1. The van der Waals surface area contributed by atoms with E-state index in [9.17, 15) is 33.9 Å². The maximum absolute atomic E-state index is 12.7. The van der Waals surface area contributed by atoms with Crippen molar-refractivity contribution in [1.82, 2.24) is 16.0 Å². The molecule has 0 bridgehead atoms. The minimum Gasteiger partial charge on any atom is -0.480 e. The molecule has 0 aromatic heterocycles. The molecular formula is C20H28N6O7S. The van der Waals surface area contributed by atoms with Crippen LogP contribution in [0.25, 0.3) is 0 Å². The summed E-state index contributed by atoms with van der Waals surface area (Å²) in [4.78, 5) is 71.9. The van der Waals surface area contributed by atoms with Crippen molar-refractivity contribution in [3.8, 4) is 0 Å². The van der Waals surface area contributed by atoms with Gasteiger partial charge in [0.15, 0.2) is 0 Å². The highest BCUT2D eigenvalue weighted by atomic mass is 32.1. The number of hydrogen-bond donors (Lipinski definition) is 8. The van der Waals surface area contributed by atoms with Crippen LogP contribution in [-0.4, -0.2) is 70.5 Å². The zero-order valence-electron chi connectivity index (χ0n) is 18.1. The average molecular weight is 497 g/mol. The van der Waals surface area contributed by atoms with E-state index in [-0.39, 0.29) is 12.2 Å². The summed E-state index contributed by atoms with van der Waals surface area (Å²) < 4.78 is 0. The minimum absolute atomic E-state index is 0.0541. The van der Waals surface area contributed by atoms with Crippen molar-refractivity contribution >= 4 is 48.1 Å². The summed E-state index contributed by atoms with van der Waals surface area (Å²) in [7, 11) is 0. The Balaban J connectivity index is 3.01. The lowest BCUT2D eigenvalue weighted by atomic mass is 10.0. The normalized spacial score (nSPS) is 14.1. The summed E-state index contributed by atoms with van der Waals surface area (Å²) in [5, 5.41) is 16.2. The molecule has 0 aliphatic heterocycles. The van der Waals surface area contributed by atoms with E-state index >= 15 is 0 Å². The number of carboxylic acids is 1. The summed E-state index contributed by atoms with van der Waals surface area (Å²) in [6.07, 6.45) is -1.38. The van der Waals surface area contributed by atoms with Crippen molar-refractivity contribution in [3.63, 3.8) is 0 Å². The zero-order valence-corrected chi connectivity index (χ0v) is 19.0. The number of primary amides is 2. The number of carboxylic acid groups (broad SMARTS) is 1. The van der Waals surface area contributed by atoms with Crippen LogP contribution < -0.4 is 33.2 Å². The van der Waals surface area contributed by atoms with Gasteiger partial charge in [0.25, 0.3) is 0 Å². The Morgan fingerprint density at radius 2 is 1.24 bits per heavy atom. The van der Waals surface area contributed by atoms with E-state index < -0.39 is 72.5 Å². The lowest BCUT2D eigenvalue weighted by molar-refractivity contribution is -0.142. The van der Waals surface area contributed by atoms with E-state index in [4.69, 9.17) is 17.2 Å².